The lowest BCUT2D eigenvalue weighted by molar-refractivity contribution is -0.145. The van der Waals surface area contributed by atoms with Crippen molar-refractivity contribution in [3.8, 4) is 0 Å². The van der Waals surface area contributed by atoms with Crippen molar-refractivity contribution in [1.82, 2.24) is 15.1 Å². The van der Waals surface area contributed by atoms with Gasteiger partial charge in [0.15, 0.2) is 5.96 Å². The van der Waals surface area contributed by atoms with Crippen molar-refractivity contribution in [3.05, 3.63) is 0 Å². The van der Waals surface area contributed by atoms with Crippen LogP contribution in [0.5, 0.6) is 0 Å². The fourth-order valence-corrected chi connectivity index (χ4v) is 3.62. The lowest BCUT2D eigenvalue weighted by Gasteiger charge is -2.24. The zero-order valence-corrected chi connectivity index (χ0v) is 17.6. The molecule has 0 bridgehead atoms. The molecule has 140 valence electrons. The van der Waals surface area contributed by atoms with Gasteiger partial charge in [-0.1, -0.05) is 19.8 Å². The van der Waals surface area contributed by atoms with Gasteiger partial charge in [-0.05, 0) is 31.8 Å². The van der Waals surface area contributed by atoms with Crippen LogP contribution in [-0.2, 0) is 9.53 Å². The Kier molecular flexibility index (Phi) is 9.95. The van der Waals surface area contributed by atoms with Gasteiger partial charge in [0.05, 0.1) is 13.0 Å². The Morgan fingerprint density at radius 1 is 1.21 bits per heavy atom. The van der Waals surface area contributed by atoms with Crippen molar-refractivity contribution in [2.45, 2.75) is 32.6 Å². The molecule has 0 radical (unpaired) electrons. The summed E-state index contributed by atoms with van der Waals surface area (Å²) in [5, 5.41) is 3.46. The number of nitrogens with zero attached hydrogens (tertiary/aromatic N) is 3. The van der Waals surface area contributed by atoms with E-state index in [1.54, 1.807) is 0 Å². The number of aliphatic imine (C=N–C) groups is 1. The molecule has 7 heteroatoms. The van der Waals surface area contributed by atoms with Crippen molar-refractivity contribution in [2.24, 2.45) is 16.8 Å². The number of hydrogen-bond donors (Lipinski definition) is 1. The highest BCUT2D eigenvalue weighted by Gasteiger charge is 2.36. The molecule has 0 aliphatic carbocycles. The van der Waals surface area contributed by atoms with Crippen LogP contribution in [0.4, 0.5) is 0 Å². The number of rotatable bonds is 4. The average Bonchev–Trinajstić information content (AvgIpc) is 2.77. The number of likely N-dealkylation sites (tertiary alicyclic amines) is 2. The van der Waals surface area contributed by atoms with Gasteiger partial charge in [-0.2, -0.15) is 0 Å². The highest BCUT2D eigenvalue weighted by molar-refractivity contribution is 14.0. The van der Waals surface area contributed by atoms with Gasteiger partial charge in [-0.3, -0.25) is 9.79 Å². The van der Waals surface area contributed by atoms with Gasteiger partial charge < -0.3 is 19.9 Å². The topological polar surface area (TPSA) is 57.2 Å². The third-order valence-corrected chi connectivity index (χ3v) is 5.04. The average molecular weight is 452 g/mol. The summed E-state index contributed by atoms with van der Waals surface area (Å²) in [6.45, 7) is 8.03. The molecular weight excluding hydrogens is 419 g/mol. The number of methoxy groups -OCH3 is 1. The van der Waals surface area contributed by atoms with Crippen molar-refractivity contribution in [2.75, 3.05) is 53.4 Å². The molecule has 1 N–H and O–H groups in total. The Morgan fingerprint density at radius 2 is 1.88 bits per heavy atom. The molecule has 0 amide bonds. The maximum atomic E-state index is 11.8. The van der Waals surface area contributed by atoms with Gasteiger partial charge in [-0.15, -0.1) is 24.0 Å². The maximum absolute atomic E-state index is 11.8. The van der Waals surface area contributed by atoms with E-state index >= 15 is 0 Å². The summed E-state index contributed by atoms with van der Waals surface area (Å²) in [6.07, 6.45) is 5.37. The first-order valence-corrected chi connectivity index (χ1v) is 8.91. The number of esters is 1. The van der Waals surface area contributed by atoms with Crippen LogP contribution < -0.4 is 5.32 Å². The number of carbonyl (C=O) groups excluding carboxylic acids is 1. The predicted molar refractivity (Wildman–Crippen MR) is 108 cm³/mol. The van der Waals surface area contributed by atoms with Gasteiger partial charge >= 0.3 is 5.97 Å². The van der Waals surface area contributed by atoms with E-state index in [1.165, 1.54) is 45.9 Å². The third kappa shape index (κ3) is 6.06. The summed E-state index contributed by atoms with van der Waals surface area (Å²) >= 11 is 0. The molecule has 2 saturated heterocycles. The molecular formula is C17H33IN4O2. The van der Waals surface area contributed by atoms with Crippen LogP contribution in [0.25, 0.3) is 0 Å². The van der Waals surface area contributed by atoms with E-state index in [9.17, 15) is 4.79 Å². The van der Waals surface area contributed by atoms with Gasteiger partial charge in [0.2, 0.25) is 0 Å². The number of nitrogens with one attached hydrogen (secondary N) is 1. The summed E-state index contributed by atoms with van der Waals surface area (Å²) in [5.74, 6) is 1.04. The smallest absolute Gasteiger partial charge is 0.310 e. The van der Waals surface area contributed by atoms with Crippen LogP contribution >= 0.6 is 24.0 Å². The lowest BCUT2D eigenvalue weighted by Crippen LogP contribution is -2.43. The SMILES string of the molecule is CN=C(NCCN1CCCCCC1)N1CC(C)C(C(=O)OC)C1.I. The summed E-state index contributed by atoms with van der Waals surface area (Å²) < 4.78 is 4.91. The van der Waals surface area contributed by atoms with Crippen LogP contribution in [0.1, 0.15) is 32.6 Å². The van der Waals surface area contributed by atoms with Crippen LogP contribution in [0.15, 0.2) is 4.99 Å². The lowest BCUT2D eigenvalue weighted by atomic mass is 9.99. The Bertz CT molecular complexity index is 411. The quantitative estimate of drug-likeness (QED) is 0.305. The monoisotopic (exact) mass is 452 g/mol. The van der Waals surface area contributed by atoms with Gasteiger partial charge in [0.25, 0.3) is 0 Å². The molecule has 0 aromatic heterocycles. The highest BCUT2D eigenvalue weighted by atomic mass is 127. The zero-order valence-electron chi connectivity index (χ0n) is 15.3. The molecule has 2 unspecified atom stereocenters. The molecule has 6 nitrogen and oxygen atoms in total. The van der Waals surface area contributed by atoms with E-state index in [1.807, 2.05) is 7.05 Å². The van der Waals surface area contributed by atoms with E-state index in [-0.39, 0.29) is 35.9 Å². The number of halogens is 1. The number of guanidine groups is 1. The molecule has 0 aromatic carbocycles. The normalized spacial score (nSPS) is 25.8. The number of ether oxygens (including phenoxy) is 1. The van der Waals surface area contributed by atoms with Crippen molar-refractivity contribution in [3.63, 3.8) is 0 Å². The number of carbonyl (C=O) groups is 1. The minimum atomic E-state index is -0.111. The Labute approximate surface area is 163 Å². The minimum absolute atomic E-state index is 0. The standard InChI is InChI=1S/C17H32N4O2.HI/c1-14-12-21(13-15(14)16(22)23-3)17(18-2)19-8-11-20-9-6-4-5-7-10-20;/h14-15H,4-13H2,1-3H3,(H,18,19);1H. The molecule has 0 saturated carbocycles. The largest absolute Gasteiger partial charge is 0.469 e. The second-order valence-corrected chi connectivity index (χ2v) is 6.74. The van der Waals surface area contributed by atoms with Crippen LogP contribution in [0.3, 0.4) is 0 Å². The van der Waals surface area contributed by atoms with E-state index in [2.05, 4.69) is 27.0 Å². The fraction of sp³-hybridized carbons (Fsp3) is 0.882. The van der Waals surface area contributed by atoms with Crippen molar-refractivity contribution in [1.29, 1.82) is 0 Å². The first kappa shape index (κ1) is 21.5. The predicted octanol–water partition coefficient (Wildman–Crippen LogP) is 1.80. The summed E-state index contributed by atoms with van der Waals surface area (Å²) in [5.41, 5.74) is 0. The van der Waals surface area contributed by atoms with Crippen LogP contribution in [-0.4, -0.2) is 75.2 Å². The van der Waals surface area contributed by atoms with Gasteiger partial charge in [0.1, 0.15) is 0 Å². The number of hydrogen-bond acceptors (Lipinski definition) is 4. The first-order valence-electron chi connectivity index (χ1n) is 8.91. The minimum Gasteiger partial charge on any atom is -0.469 e. The molecule has 2 aliphatic rings. The van der Waals surface area contributed by atoms with E-state index < -0.39 is 0 Å². The maximum Gasteiger partial charge on any atom is 0.310 e. The highest BCUT2D eigenvalue weighted by Crippen LogP contribution is 2.24. The third-order valence-electron chi connectivity index (χ3n) is 5.04. The molecule has 0 aromatic rings. The first-order chi connectivity index (χ1) is 11.2. The van der Waals surface area contributed by atoms with Crippen LogP contribution in [0.2, 0.25) is 0 Å². The summed E-state index contributed by atoms with van der Waals surface area (Å²) in [6, 6.07) is 0. The molecule has 0 spiro atoms. The molecule has 2 fully saturated rings. The Morgan fingerprint density at radius 3 is 2.46 bits per heavy atom. The Balaban J connectivity index is 0.00000288. The summed E-state index contributed by atoms with van der Waals surface area (Å²) in [4.78, 5) is 20.9. The Hall–Kier alpha value is -0.570. The zero-order chi connectivity index (χ0) is 16.7. The van der Waals surface area contributed by atoms with E-state index in [0.29, 0.717) is 12.5 Å². The van der Waals surface area contributed by atoms with Gasteiger partial charge in [-0.25, -0.2) is 0 Å². The van der Waals surface area contributed by atoms with Crippen molar-refractivity contribution < 1.29 is 9.53 Å². The van der Waals surface area contributed by atoms with Crippen molar-refractivity contribution >= 4 is 35.9 Å². The van der Waals surface area contributed by atoms with E-state index in [4.69, 9.17) is 4.74 Å². The van der Waals surface area contributed by atoms with E-state index in [0.717, 1.165) is 25.6 Å². The second-order valence-electron chi connectivity index (χ2n) is 6.74. The summed E-state index contributed by atoms with van der Waals surface area (Å²) in [7, 11) is 3.27. The second kappa shape index (κ2) is 11.1. The van der Waals surface area contributed by atoms with Crippen LogP contribution in [0, 0.1) is 11.8 Å². The molecule has 2 rings (SSSR count). The molecule has 2 heterocycles. The molecule has 24 heavy (non-hydrogen) atoms. The molecule has 2 aliphatic heterocycles. The van der Waals surface area contributed by atoms with Gasteiger partial charge in [0, 0.05) is 33.2 Å². The fourth-order valence-electron chi connectivity index (χ4n) is 3.62. The molecule has 2 atom stereocenters.